The predicted octanol–water partition coefficient (Wildman–Crippen LogP) is 3.95. The molecule has 0 saturated heterocycles. The number of carbonyl (C=O) groups excluding carboxylic acids is 1. The van der Waals surface area contributed by atoms with Gasteiger partial charge in [-0.3, -0.25) is 4.79 Å². The maximum atomic E-state index is 12.1. The van der Waals surface area contributed by atoms with Crippen molar-refractivity contribution in [3.63, 3.8) is 0 Å². The van der Waals surface area contributed by atoms with Crippen LogP contribution < -0.4 is 5.32 Å². The van der Waals surface area contributed by atoms with Crippen LogP contribution in [0.25, 0.3) is 0 Å². The van der Waals surface area contributed by atoms with Crippen LogP contribution >= 0.6 is 0 Å². The van der Waals surface area contributed by atoms with Crippen LogP contribution in [0.3, 0.4) is 0 Å². The van der Waals surface area contributed by atoms with Gasteiger partial charge in [-0.2, -0.15) is 0 Å². The van der Waals surface area contributed by atoms with E-state index in [4.69, 9.17) is 8.94 Å². The molecule has 1 aliphatic carbocycles. The summed E-state index contributed by atoms with van der Waals surface area (Å²) >= 11 is 0. The fourth-order valence-electron chi connectivity index (χ4n) is 3.26. The predicted molar refractivity (Wildman–Crippen MR) is 90.8 cm³/mol. The first kappa shape index (κ1) is 16.8. The Hall–Kier alpha value is -2.04. The first-order chi connectivity index (χ1) is 11.2. The Labute approximate surface area is 142 Å². The first-order valence-electron chi connectivity index (χ1n) is 8.48. The number of rotatable bonds is 4. The Morgan fingerprint density at radius 3 is 2.71 bits per heavy atom. The van der Waals surface area contributed by atoms with Gasteiger partial charge in [-0.15, -0.1) is 0 Å². The van der Waals surface area contributed by atoms with Gasteiger partial charge in [-0.25, -0.2) is 0 Å². The van der Waals surface area contributed by atoms with E-state index in [2.05, 4.69) is 51.2 Å². The monoisotopic (exact) mass is 330 g/mol. The highest BCUT2D eigenvalue weighted by Crippen LogP contribution is 2.48. The summed E-state index contributed by atoms with van der Waals surface area (Å²) in [6.45, 7) is 10.7. The van der Waals surface area contributed by atoms with Crippen molar-refractivity contribution in [1.29, 1.82) is 0 Å². The van der Waals surface area contributed by atoms with Crippen molar-refractivity contribution in [2.45, 2.75) is 58.9 Å². The minimum atomic E-state index is -0.145. The average molecular weight is 330 g/mol. The van der Waals surface area contributed by atoms with Crippen LogP contribution in [0.1, 0.15) is 63.0 Å². The van der Waals surface area contributed by atoms with Gasteiger partial charge in [0.05, 0.1) is 12.0 Å². The summed E-state index contributed by atoms with van der Waals surface area (Å²) in [5, 5.41) is 7.30. The number of furan rings is 1. The van der Waals surface area contributed by atoms with Crippen LogP contribution in [-0.4, -0.2) is 17.1 Å². The van der Waals surface area contributed by atoms with Crippen molar-refractivity contribution >= 4 is 5.91 Å². The number of nitrogens with zero attached hydrogens (tertiary/aromatic N) is 1. The van der Waals surface area contributed by atoms with Gasteiger partial charge in [0.2, 0.25) is 0 Å². The Kier molecular flexibility index (Phi) is 4.06. The van der Waals surface area contributed by atoms with E-state index in [1.54, 1.807) is 12.1 Å². The molecule has 2 aromatic heterocycles. The molecule has 0 unspecified atom stereocenters. The topological polar surface area (TPSA) is 68.3 Å². The first-order valence-corrected chi connectivity index (χ1v) is 8.48. The third-order valence-electron chi connectivity index (χ3n) is 5.27. The Bertz CT molecular complexity index is 707. The van der Waals surface area contributed by atoms with Crippen molar-refractivity contribution in [2.24, 2.45) is 11.3 Å². The molecule has 2 aromatic rings. The third-order valence-corrected chi connectivity index (χ3v) is 5.27. The average Bonchev–Trinajstić information content (AvgIpc) is 3.16. The molecule has 2 heterocycles. The zero-order valence-electron chi connectivity index (χ0n) is 15.1. The summed E-state index contributed by atoms with van der Waals surface area (Å²) < 4.78 is 10.6. The fourth-order valence-corrected chi connectivity index (χ4v) is 3.26. The second-order valence-electron chi connectivity index (χ2n) is 8.39. The van der Waals surface area contributed by atoms with Crippen LogP contribution in [0.15, 0.2) is 33.4 Å². The second kappa shape index (κ2) is 5.80. The minimum Gasteiger partial charge on any atom is -0.459 e. The highest BCUT2D eigenvalue weighted by molar-refractivity contribution is 5.91. The molecule has 0 radical (unpaired) electrons. The summed E-state index contributed by atoms with van der Waals surface area (Å²) in [7, 11) is 0. The van der Waals surface area contributed by atoms with Crippen molar-refractivity contribution in [1.82, 2.24) is 10.5 Å². The van der Waals surface area contributed by atoms with Gasteiger partial charge in [0.15, 0.2) is 5.76 Å². The van der Waals surface area contributed by atoms with E-state index in [0.29, 0.717) is 11.7 Å². The molecule has 1 N–H and O–H groups in total. The van der Waals surface area contributed by atoms with Crippen molar-refractivity contribution in [2.75, 3.05) is 0 Å². The Balaban J connectivity index is 1.60. The molecule has 5 nitrogen and oxygen atoms in total. The number of carbonyl (C=O) groups is 1. The zero-order chi connectivity index (χ0) is 17.5. The molecule has 24 heavy (non-hydrogen) atoms. The van der Waals surface area contributed by atoms with Crippen LogP contribution in [0.5, 0.6) is 0 Å². The normalized spacial score (nSPS) is 22.9. The maximum Gasteiger partial charge on any atom is 0.287 e. The van der Waals surface area contributed by atoms with Gasteiger partial charge in [0.25, 0.3) is 5.91 Å². The number of amides is 1. The molecule has 0 aliphatic heterocycles. The smallest absolute Gasteiger partial charge is 0.287 e. The Morgan fingerprint density at radius 1 is 1.42 bits per heavy atom. The van der Waals surface area contributed by atoms with E-state index in [1.807, 2.05) is 0 Å². The summed E-state index contributed by atoms with van der Waals surface area (Å²) in [6.07, 6.45) is 3.33. The molecular formula is C19H26N2O3. The standard InChI is InChI=1S/C19H26N2O3/c1-18(2,3)16-11-13(21-24-16)9-12-10-15(19(12,4)5)20-17(22)14-7-6-8-23-14/h6-8,11-12,15H,9-10H2,1-5H3,(H,20,22)/t12-,15+/m1/s1. The van der Waals surface area contributed by atoms with Crippen LogP contribution in [0.2, 0.25) is 0 Å². The molecule has 130 valence electrons. The lowest BCUT2D eigenvalue weighted by molar-refractivity contribution is 0.0131. The van der Waals surface area contributed by atoms with Gasteiger partial charge in [0, 0.05) is 17.5 Å². The largest absolute Gasteiger partial charge is 0.459 e. The molecule has 1 saturated carbocycles. The van der Waals surface area contributed by atoms with Gasteiger partial charge >= 0.3 is 0 Å². The molecule has 5 heteroatoms. The van der Waals surface area contributed by atoms with E-state index in [9.17, 15) is 4.79 Å². The third kappa shape index (κ3) is 3.12. The van der Waals surface area contributed by atoms with Crippen molar-refractivity contribution in [3.8, 4) is 0 Å². The summed E-state index contributed by atoms with van der Waals surface area (Å²) in [6, 6.07) is 5.61. The van der Waals surface area contributed by atoms with E-state index < -0.39 is 0 Å². The number of nitrogens with one attached hydrogen (secondary N) is 1. The van der Waals surface area contributed by atoms with Crippen LogP contribution in [-0.2, 0) is 11.8 Å². The molecule has 0 aromatic carbocycles. The van der Waals surface area contributed by atoms with E-state index in [0.717, 1.165) is 24.3 Å². The van der Waals surface area contributed by atoms with Gasteiger partial charge in [-0.05, 0) is 36.3 Å². The number of hydrogen-bond acceptors (Lipinski definition) is 4. The summed E-state index contributed by atoms with van der Waals surface area (Å²) in [5.74, 6) is 1.60. The molecular weight excluding hydrogens is 304 g/mol. The zero-order valence-corrected chi connectivity index (χ0v) is 15.1. The molecule has 0 spiro atoms. The lowest BCUT2D eigenvalue weighted by Gasteiger charge is -2.52. The maximum absolute atomic E-state index is 12.1. The summed E-state index contributed by atoms with van der Waals surface area (Å²) in [4.78, 5) is 12.1. The van der Waals surface area contributed by atoms with Gasteiger partial charge in [0.1, 0.15) is 5.76 Å². The lowest BCUT2D eigenvalue weighted by Crippen LogP contribution is -2.58. The highest BCUT2D eigenvalue weighted by Gasteiger charge is 2.49. The quantitative estimate of drug-likeness (QED) is 0.921. The highest BCUT2D eigenvalue weighted by atomic mass is 16.5. The Morgan fingerprint density at radius 2 is 2.17 bits per heavy atom. The SMILES string of the molecule is CC(C)(C)c1cc(C[C@@H]2C[C@H](NC(=O)c3ccco3)C2(C)C)no1. The molecule has 0 bridgehead atoms. The van der Waals surface area contributed by atoms with Gasteiger partial charge in [-0.1, -0.05) is 39.8 Å². The number of hydrogen-bond donors (Lipinski definition) is 1. The van der Waals surface area contributed by atoms with E-state index in [1.165, 1.54) is 6.26 Å². The fraction of sp³-hybridized carbons (Fsp3) is 0.579. The molecule has 1 fully saturated rings. The minimum absolute atomic E-state index is 0.0170. The second-order valence-corrected chi connectivity index (χ2v) is 8.39. The molecule has 3 rings (SSSR count). The molecule has 2 atom stereocenters. The summed E-state index contributed by atoms with van der Waals surface area (Å²) in [5.41, 5.74) is 0.983. The van der Waals surface area contributed by atoms with E-state index in [-0.39, 0.29) is 22.8 Å². The van der Waals surface area contributed by atoms with Crippen LogP contribution in [0.4, 0.5) is 0 Å². The molecule has 1 amide bonds. The lowest BCUT2D eigenvalue weighted by atomic mass is 9.57. The van der Waals surface area contributed by atoms with Gasteiger partial charge < -0.3 is 14.3 Å². The van der Waals surface area contributed by atoms with Crippen LogP contribution in [0, 0.1) is 11.3 Å². The number of aromatic nitrogens is 1. The van der Waals surface area contributed by atoms with Crippen molar-refractivity contribution in [3.05, 3.63) is 41.7 Å². The van der Waals surface area contributed by atoms with Crippen molar-refractivity contribution < 1.29 is 13.7 Å². The molecule has 1 aliphatic rings. The van der Waals surface area contributed by atoms with E-state index >= 15 is 0 Å².